The van der Waals surface area contributed by atoms with E-state index in [0.717, 1.165) is 12.2 Å². The van der Waals surface area contributed by atoms with Gasteiger partial charge in [-0.15, -0.1) is 0 Å². The fourth-order valence-corrected chi connectivity index (χ4v) is 2.58. The van der Waals surface area contributed by atoms with Crippen molar-refractivity contribution in [1.82, 2.24) is 9.97 Å². The van der Waals surface area contributed by atoms with Crippen molar-refractivity contribution in [3.63, 3.8) is 0 Å². The Kier molecular flexibility index (Phi) is 3.52. The van der Waals surface area contributed by atoms with E-state index in [-0.39, 0.29) is 0 Å². The van der Waals surface area contributed by atoms with Gasteiger partial charge in [-0.3, -0.25) is 0 Å². The van der Waals surface area contributed by atoms with Gasteiger partial charge in [0.2, 0.25) is 0 Å². The standard InChI is InChI=1S/C16H14ClN3/c1-2-20(16-15(17)18-10-11-19-16)14-9-5-7-12-6-3-4-8-13(12)14/h3-11H,2H2,1H3. The molecular weight excluding hydrogens is 270 g/mol. The van der Waals surface area contributed by atoms with E-state index in [4.69, 9.17) is 11.6 Å². The smallest absolute Gasteiger partial charge is 0.172 e. The maximum absolute atomic E-state index is 6.18. The Morgan fingerprint density at radius 3 is 2.55 bits per heavy atom. The second kappa shape index (κ2) is 5.47. The molecule has 3 rings (SSSR count). The molecule has 0 saturated carbocycles. The summed E-state index contributed by atoms with van der Waals surface area (Å²) in [5.74, 6) is 0.688. The van der Waals surface area contributed by atoms with Crippen molar-refractivity contribution >= 4 is 33.9 Å². The summed E-state index contributed by atoms with van der Waals surface area (Å²) >= 11 is 6.18. The van der Waals surface area contributed by atoms with Gasteiger partial charge in [0.15, 0.2) is 11.0 Å². The van der Waals surface area contributed by atoms with Crippen molar-refractivity contribution in [1.29, 1.82) is 0 Å². The molecule has 0 unspecified atom stereocenters. The number of benzene rings is 2. The summed E-state index contributed by atoms with van der Waals surface area (Å²) in [6.07, 6.45) is 3.26. The minimum atomic E-state index is 0.419. The minimum absolute atomic E-state index is 0.419. The van der Waals surface area contributed by atoms with Crippen molar-refractivity contribution in [3.8, 4) is 0 Å². The van der Waals surface area contributed by atoms with Gasteiger partial charge >= 0.3 is 0 Å². The quantitative estimate of drug-likeness (QED) is 0.711. The number of hydrogen-bond donors (Lipinski definition) is 0. The Morgan fingerprint density at radius 2 is 1.75 bits per heavy atom. The van der Waals surface area contributed by atoms with Gasteiger partial charge in [0.05, 0.1) is 5.69 Å². The average Bonchev–Trinajstić information content (AvgIpc) is 2.50. The largest absolute Gasteiger partial charge is 0.324 e. The lowest BCUT2D eigenvalue weighted by Crippen LogP contribution is -2.18. The van der Waals surface area contributed by atoms with Crippen LogP contribution in [0, 0.1) is 0 Å². The third kappa shape index (κ3) is 2.21. The molecule has 100 valence electrons. The van der Waals surface area contributed by atoms with Crippen molar-refractivity contribution < 1.29 is 0 Å². The number of hydrogen-bond acceptors (Lipinski definition) is 3. The van der Waals surface area contributed by atoms with Gasteiger partial charge in [0, 0.05) is 24.3 Å². The first-order chi connectivity index (χ1) is 9.81. The summed E-state index contributed by atoms with van der Waals surface area (Å²) in [5, 5.41) is 2.80. The number of rotatable bonds is 3. The molecule has 0 aliphatic carbocycles. The van der Waals surface area contributed by atoms with Gasteiger partial charge in [0.1, 0.15) is 0 Å². The Labute approximate surface area is 122 Å². The van der Waals surface area contributed by atoms with Crippen molar-refractivity contribution in [3.05, 3.63) is 60.0 Å². The zero-order valence-corrected chi connectivity index (χ0v) is 11.9. The zero-order valence-electron chi connectivity index (χ0n) is 11.1. The number of aromatic nitrogens is 2. The number of anilines is 2. The van der Waals surface area contributed by atoms with Gasteiger partial charge in [-0.05, 0) is 18.4 Å². The van der Waals surface area contributed by atoms with Crippen LogP contribution >= 0.6 is 11.6 Å². The lowest BCUT2D eigenvalue weighted by Gasteiger charge is -2.24. The van der Waals surface area contributed by atoms with Gasteiger partial charge < -0.3 is 4.90 Å². The third-order valence-corrected chi connectivity index (χ3v) is 3.53. The van der Waals surface area contributed by atoms with Crippen LogP contribution in [0.25, 0.3) is 10.8 Å². The monoisotopic (exact) mass is 283 g/mol. The van der Waals surface area contributed by atoms with E-state index in [9.17, 15) is 0 Å². The van der Waals surface area contributed by atoms with E-state index in [0.29, 0.717) is 11.0 Å². The third-order valence-electron chi connectivity index (χ3n) is 3.27. The van der Waals surface area contributed by atoms with E-state index >= 15 is 0 Å². The zero-order chi connectivity index (χ0) is 13.9. The summed E-state index contributed by atoms with van der Waals surface area (Å²) in [5.41, 5.74) is 1.09. The first kappa shape index (κ1) is 12.9. The summed E-state index contributed by atoms with van der Waals surface area (Å²) in [6.45, 7) is 2.85. The Morgan fingerprint density at radius 1 is 1.00 bits per heavy atom. The van der Waals surface area contributed by atoms with Gasteiger partial charge in [0.25, 0.3) is 0 Å². The molecule has 0 radical (unpaired) electrons. The van der Waals surface area contributed by atoms with E-state index in [1.165, 1.54) is 10.8 Å². The molecule has 0 aliphatic rings. The first-order valence-corrected chi connectivity index (χ1v) is 6.91. The lowest BCUT2D eigenvalue weighted by molar-refractivity contribution is 0.981. The predicted molar refractivity (Wildman–Crippen MR) is 83.7 cm³/mol. The molecule has 0 amide bonds. The predicted octanol–water partition coefficient (Wildman–Crippen LogP) is 4.44. The molecule has 0 atom stereocenters. The fraction of sp³-hybridized carbons (Fsp3) is 0.125. The minimum Gasteiger partial charge on any atom is -0.324 e. The molecule has 0 spiro atoms. The molecule has 0 saturated heterocycles. The van der Waals surface area contributed by atoms with Crippen LogP contribution in [-0.4, -0.2) is 16.5 Å². The van der Waals surface area contributed by atoms with Crippen LogP contribution in [-0.2, 0) is 0 Å². The van der Waals surface area contributed by atoms with Crippen LogP contribution in [0.1, 0.15) is 6.92 Å². The number of fused-ring (bicyclic) bond motifs is 1. The van der Waals surface area contributed by atoms with E-state index in [1.807, 2.05) is 18.2 Å². The Balaban J connectivity index is 2.20. The van der Waals surface area contributed by atoms with E-state index in [2.05, 4.69) is 46.1 Å². The van der Waals surface area contributed by atoms with Crippen molar-refractivity contribution in [2.24, 2.45) is 0 Å². The number of nitrogens with zero attached hydrogens (tertiary/aromatic N) is 3. The molecule has 0 fully saturated rings. The van der Waals surface area contributed by atoms with Crippen LogP contribution < -0.4 is 4.90 Å². The maximum atomic E-state index is 6.18. The van der Waals surface area contributed by atoms with Gasteiger partial charge in [-0.2, -0.15) is 0 Å². The molecule has 4 heteroatoms. The van der Waals surface area contributed by atoms with Crippen LogP contribution in [0.5, 0.6) is 0 Å². The van der Waals surface area contributed by atoms with Crippen molar-refractivity contribution in [2.45, 2.75) is 6.92 Å². The first-order valence-electron chi connectivity index (χ1n) is 6.53. The summed E-state index contributed by atoms with van der Waals surface area (Å²) < 4.78 is 0. The molecule has 3 aromatic rings. The highest BCUT2D eigenvalue weighted by Gasteiger charge is 2.15. The highest BCUT2D eigenvalue weighted by atomic mass is 35.5. The van der Waals surface area contributed by atoms with E-state index < -0.39 is 0 Å². The molecule has 0 bridgehead atoms. The average molecular weight is 284 g/mol. The highest BCUT2D eigenvalue weighted by Crippen LogP contribution is 2.33. The summed E-state index contributed by atoms with van der Waals surface area (Å²) in [6, 6.07) is 14.5. The highest BCUT2D eigenvalue weighted by molar-refractivity contribution is 6.31. The molecule has 20 heavy (non-hydrogen) atoms. The Hall–Kier alpha value is -2.13. The molecule has 1 aromatic heterocycles. The molecule has 0 N–H and O–H groups in total. The second-order valence-corrected chi connectivity index (χ2v) is 4.77. The Bertz CT molecular complexity index is 737. The molecule has 0 aliphatic heterocycles. The van der Waals surface area contributed by atoms with Crippen LogP contribution in [0.4, 0.5) is 11.5 Å². The topological polar surface area (TPSA) is 29.0 Å². The molecule has 2 aromatic carbocycles. The van der Waals surface area contributed by atoms with Crippen LogP contribution in [0.3, 0.4) is 0 Å². The molecule has 1 heterocycles. The van der Waals surface area contributed by atoms with Gasteiger partial charge in [-0.1, -0.05) is 48.0 Å². The summed E-state index contributed by atoms with van der Waals surface area (Å²) in [7, 11) is 0. The SMILES string of the molecule is CCN(c1nccnc1Cl)c1cccc2ccccc12. The van der Waals surface area contributed by atoms with Crippen molar-refractivity contribution in [2.75, 3.05) is 11.4 Å². The number of halogens is 1. The maximum Gasteiger partial charge on any atom is 0.172 e. The summed E-state index contributed by atoms with van der Waals surface area (Å²) in [4.78, 5) is 10.6. The second-order valence-electron chi connectivity index (χ2n) is 4.41. The van der Waals surface area contributed by atoms with Crippen LogP contribution in [0.15, 0.2) is 54.9 Å². The van der Waals surface area contributed by atoms with Gasteiger partial charge in [-0.25, -0.2) is 9.97 Å². The van der Waals surface area contributed by atoms with Crippen LogP contribution in [0.2, 0.25) is 5.15 Å². The normalized spacial score (nSPS) is 10.7. The lowest BCUT2D eigenvalue weighted by atomic mass is 10.1. The fourth-order valence-electron chi connectivity index (χ4n) is 2.37. The van der Waals surface area contributed by atoms with E-state index in [1.54, 1.807) is 12.4 Å². The molecule has 3 nitrogen and oxygen atoms in total. The molecular formula is C16H14ClN3.